The molecule has 0 bridgehead atoms. The van der Waals surface area contributed by atoms with Gasteiger partial charge in [-0.15, -0.1) is 0 Å². The molecule has 0 fully saturated rings. The van der Waals surface area contributed by atoms with Gasteiger partial charge < -0.3 is 64.4 Å². The number of hydrogen-bond acceptors (Lipinski definition) is 8. The van der Waals surface area contributed by atoms with Crippen molar-refractivity contribution in [3.8, 4) is 0 Å². The van der Waals surface area contributed by atoms with Crippen LogP contribution in [0.1, 0.15) is 25.7 Å². The molecule has 0 aliphatic heterocycles. The van der Waals surface area contributed by atoms with Gasteiger partial charge in [-0.3, -0.25) is 19.2 Å². The highest BCUT2D eigenvalue weighted by molar-refractivity contribution is 5.75. The van der Waals surface area contributed by atoms with Gasteiger partial charge in [0, 0.05) is 39.3 Å². The second kappa shape index (κ2) is 37.3. The average molecular weight is 454 g/mol. The number of aliphatic carboxylic acids is 4. The molecule has 0 atom stereocenters. The first-order chi connectivity index (χ1) is 12.2. The molecule has 0 heterocycles. The van der Waals surface area contributed by atoms with Gasteiger partial charge in [0.15, 0.2) is 0 Å². The van der Waals surface area contributed by atoms with E-state index >= 15 is 0 Å². The lowest BCUT2D eigenvalue weighted by atomic mass is 10.3. The predicted octanol–water partition coefficient (Wildman–Crippen LogP) is -5.34. The Morgan fingerprint density at radius 3 is 0.833 bits per heavy atom. The van der Waals surface area contributed by atoms with Gasteiger partial charge in [-0.05, 0) is 0 Å². The summed E-state index contributed by atoms with van der Waals surface area (Å²) in [6.07, 6.45) is -1.19. The molecule has 186 valence electrons. The summed E-state index contributed by atoms with van der Waals surface area (Å²) < 4.78 is 0. The lowest BCUT2D eigenvalue weighted by molar-refractivity contribution is -0.143. The summed E-state index contributed by atoms with van der Waals surface area (Å²) in [5, 5.41) is 37.9. The molecule has 16 nitrogen and oxygen atoms in total. The van der Waals surface area contributed by atoms with E-state index in [1.165, 1.54) is 0 Å². The molecule has 30 heavy (non-hydrogen) atoms. The van der Waals surface area contributed by atoms with E-state index in [2.05, 4.69) is 10.6 Å². The summed E-state index contributed by atoms with van der Waals surface area (Å²) in [4.78, 5) is 38.6. The topological polar surface area (TPSA) is 351 Å². The van der Waals surface area contributed by atoms with Crippen LogP contribution in [0.4, 0.5) is 0 Å². The van der Waals surface area contributed by atoms with Gasteiger partial charge in [0.1, 0.15) is 0 Å². The Balaban J connectivity index is -0.0000000500. The molecule has 18 N–H and O–H groups in total. The van der Waals surface area contributed by atoms with Gasteiger partial charge in [-0.25, -0.2) is 0 Å². The highest BCUT2D eigenvalue weighted by atomic mass is 16.4. The first-order valence-corrected chi connectivity index (χ1v) is 7.86. The normalized spacial score (nSPS) is 7.93. The molecule has 0 spiro atoms. The van der Waals surface area contributed by atoms with Crippen LogP contribution in [0.2, 0.25) is 0 Å². The fraction of sp³-hybridized carbons (Fsp3) is 0.714. The highest BCUT2D eigenvalue weighted by Gasteiger charge is 2.01. The molecule has 0 amide bonds. The number of rotatable bonds is 13. The Hall–Kier alpha value is -2.44. The fourth-order valence-corrected chi connectivity index (χ4v) is 1.06. The minimum Gasteiger partial charge on any atom is -0.481 e. The molecular formula is C14H38N4O12. The predicted molar refractivity (Wildman–Crippen MR) is 107 cm³/mol. The van der Waals surface area contributed by atoms with Crippen LogP contribution in [0.3, 0.4) is 0 Å². The van der Waals surface area contributed by atoms with Crippen LogP contribution < -0.4 is 22.1 Å². The van der Waals surface area contributed by atoms with Crippen LogP contribution in [-0.2, 0) is 19.2 Å². The zero-order valence-electron chi connectivity index (χ0n) is 16.6. The second-order valence-corrected chi connectivity index (χ2v) is 4.65. The van der Waals surface area contributed by atoms with Crippen LogP contribution in [0.25, 0.3) is 0 Å². The SMILES string of the molecule is NCCNCCNCCN.O.O.O.O.O=C(O)CCC(=O)O.O=C(O)CCC(=O)O. The van der Waals surface area contributed by atoms with E-state index < -0.39 is 23.9 Å². The zero-order chi connectivity index (χ0) is 20.8. The van der Waals surface area contributed by atoms with Crippen LogP contribution in [0.5, 0.6) is 0 Å². The van der Waals surface area contributed by atoms with Crippen molar-refractivity contribution in [3.63, 3.8) is 0 Å². The Kier molecular flexibility index (Phi) is 57.2. The molecule has 0 saturated heterocycles. The summed E-state index contributed by atoms with van der Waals surface area (Å²) in [6.45, 7) is 5.14. The average Bonchev–Trinajstić information content (AvgIpc) is 2.55. The second-order valence-electron chi connectivity index (χ2n) is 4.65. The van der Waals surface area contributed by atoms with Crippen molar-refractivity contribution in [2.75, 3.05) is 39.3 Å². The third-order valence-electron chi connectivity index (χ3n) is 2.23. The maximum Gasteiger partial charge on any atom is 0.303 e. The third kappa shape index (κ3) is 72.7. The van der Waals surface area contributed by atoms with Gasteiger partial charge in [0.05, 0.1) is 25.7 Å². The van der Waals surface area contributed by atoms with E-state index in [1.807, 2.05) is 0 Å². The van der Waals surface area contributed by atoms with Crippen molar-refractivity contribution in [2.45, 2.75) is 25.7 Å². The lowest BCUT2D eigenvalue weighted by Crippen LogP contribution is -2.32. The highest BCUT2D eigenvalue weighted by Crippen LogP contribution is 1.86. The van der Waals surface area contributed by atoms with Crippen molar-refractivity contribution >= 4 is 23.9 Å². The number of hydrogen-bond donors (Lipinski definition) is 8. The quantitative estimate of drug-likeness (QED) is 0.121. The van der Waals surface area contributed by atoms with Crippen LogP contribution in [0.15, 0.2) is 0 Å². The molecule has 16 heteroatoms. The van der Waals surface area contributed by atoms with E-state index in [4.69, 9.17) is 31.9 Å². The number of nitrogens with one attached hydrogen (secondary N) is 2. The Labute approximate surface area is 173 Å². The van der Waals surface area contributed by atoms with Crippen LogP contribution in [-0.4, -0.2) is 105 Å². The van der Waals surface area contributed by atoms with Gasteiger partial charge >= 0.3 is 23.9 Å². The Bertz CT molecular complexity index is 335. The summed E-state index contributed by atoms with van der Waals surface area (Å²) in [5.74, 6) is -4.31. The van der Waals surface area contributed by atoms with Gasteiger partial charge in [-0.1, -0.05) is 0 Å². The minimum absolute atomic E-state index is 0. The van der Waals surface area contributed by atoms with E-state index in [-0.39, 0.29) is 47.6 Å². The molecule has 0 aromatic rings. The van der Waals surface area contributed by atoms with Gasteiger partial charge in [0.2, 0.25) is 0 Å². The molecule has 0 aromatic carbocycles. The van der Waals surface area contributed by atoms with Crippen LogP contribution >= 0.6 is 0 Å². The lowest BCUT2D eigenvalue weighted by Gasteiger charge is -2.03. The van der Waals surface area contributed by atoms with Crippen molar-refractivity contribution in [1.82, 2.24) is 10.6 Å². The monoisotopic (exact) mass is 454 g/mol. The van der Waals surface area contributed by atoms with E-state index in [0.29, 0.717) is 13.1 Å². The van der Waals surface area contributed by atoms with E-state index in [0.717, 1.165) is 26.2 Å². The molecule has 0 saturated carbocycles. The number of carboxylic acid groups (broad SMARTS) is 4. The molecule has 0 rings (SSSR count). The molecule has 0 radical (unpaired) electrons. The zero-order valence-corrected chi connectivity index (χ0v) is 16.6. The minimum atomic E-state index is -1.08. The molecule has 0 aliphatic rings. The van der Waals surface area contributed by atoms with Crippen molar-refractivity contribution in [1.29, 1.82) is 0 Å². The third-order valence-corrected chi connectivity index (χ3v) is 2.23. The van der Waals surface area contributed by atoms with Gasteiger partial charge in [-0.2, -0.15) is 0 Å². The molecule has 0 aromatic heterocycles. The smallest absolute Gasteiger partial charge is 0.303 e. The van der Waals surface area contributed by atoms with Crippen LogP contribution in [0, 0.1) is 0 Å². The standard InChI is InChI=1S/C6H18N4.2C4H6O4.4H2O/c7-1-3-9-5-6-10-4-2-8;2*5-3(6)1-2-4(7)8;;;;/h9-10H,1-8H2;2*1-2H2,(H,5,6)(H,7,8);4*1H2. The fourth-order valence-electron chi connectivity index (χ4n) is 1.06. The summed E-state index contributed by atoms with van der Waals surface area (Å²) in [6, 6.07) is 0. The maximum absolute atomic E-state index is 9.64. The molecular weight excluding hydrogens is 416 g/mol. The largest absolute Gasteiger partial charge is 0.481 e. The summed E-state index contributed by atoms with van der Waals surface area (Å²) in [5.41, 5.74) is 10.5. The Morgan fingerprint density at radius 1 is 0.500 bits per heavy atom. The number of nitrogens with two attached hydrogens (primary N) is 2. The Morgan fingerprint density at radius 2 is 0.700 bits per heavy atom. The van der Waals surface area contributed by atoms with E-state index in [1.54, 1.807) is 0 Å². The van der Waals surface area contributed by atoms with Crippen molar-refractivity contribution < 1.29 is 61.5 Å². The molecule has 0 unspecified atom stereocenters. The summed E-state index contributed by atoms with van der Waals surface area (Å²) in [7, 11) is 0. The van der Waals surface area contributed by atoms with Gasteiger partial charge in [0.25, 0.3) is 0 Å². The maximum atomic E-state index is 9.64. The van der Waals surface area contributed by atoms with Crippen molar-refractivity contribution in [3.05, 3.63) is 0 Å². The first kappa shape index (κ1) is 46.0. The first-order valence-electron chi connectivity index (χ1n) is 7.86. The van der Waals surface area contributed by atoms with E-state index in [9.17, 15) is 19.2 Å². The molecule has 0 aliphatic carbocycles. The number of carbonyl (C=O) groups is 4. The summed E-state index contributed by atoms with van der Waals surface area (Å²) >= 11 is 0. The number of carboxylic acids is 4. The van der Waals surface area contributed by atoms with Crippen molar-refractivity contribution in [2.24, 2.45) is 11.5 Å².